The maximum absolute atomic E-state index is 12.0. The lowest BCUT2D eigenvalue weighted by atomic mass is 10.2. The van der Waals surface area contributed by atoms with Gasteiger partial charge in [0.05, 0.1) is 18.3 Å². The van der Waals surface area contributed by atoms with Crippen LogP contribution < -0.4 is 20.3 Å². The van der Waals surface area contributed by atoms with Crippen LogP contribution in [0.2, 0.25) is 0 Å². The normalized spacial score (nSPS) is 11.0. The van der Waals surface area contributed by atoms with Crippen LogP contribution in [0, 0.1) is 0 Å². The number of amides is 1. The molecule has 4 aromatic rings. The maximum Gasteiger partial charge on any atom is 0.258 e. The van der Waals surface area contributed by atoms with Gasteiger partial charge in [-0.15, -0.1) is 0 Å². The summed E-state index contributed by atoms with van der Waals surface area (Å²) in [6, 6.07) is 15.3. The monoisotopic (exact) mass is 489 g/mol. The fourth-order valence-corrected chi connectivity index (χ4v) is 3.57. The van der Waals surface area contributed by atoms with Crippen molar-refractivity contribution in [3.05, 3.63) is 54.7 Å². The van der Waals surface area contributed by atoms with Gasteiger partial charge in [0, 0.05) is 49.4 Å². The van der Waals surface area contributed by atoms with Crippen molar-refractivity contribution in [1.82, 2.24) is 25.5 Å². The highest BCUT2D eigenvalue weighted by atomic mass is 16.5. The molecule has 0 fully saturated rings. The standard InChI is InChI=1S/C26H31N7O3/c1-17(2)28-25(34)16-36-21-7-5-6-18(13-21)26-30-23(14-24(31-26)33(3)10-11-35-4)29-20-8-9-22-19(12-20)15-27-32-22/h5-9,12-15,17H,10-11,16H2,1-4H3,(H,27,32)(H,28,34)(H,29,30,31). The Morgan fingerprint density at radius 2 is 2.00 bits per heavy atom. The van der Waals surface area contributed by atoms with Gasteiger partial charge in [-0.3, -0.25) is 9.89 Å². The number of nitrogens with zero attached hydrogens (tertiary/aromatic N) is 4. The lowest BCUT2D eigenvalue weighted by Crippen LogP contribution is -2.34. The van der Waals surface area contributed by atoms with Gasteiger partial charge in [0.15, 0.2) is 12.4 Å². The molecule has 1 amide bonds. The van der Waals surface area contributed by atoms with E-state index in [2.05, 4.69) is 20.8 Å². The number of carbonyl (C=O) groups is 1. The zero-order valence-electron chi connectivity index (χ0n) is 20.9. The number of benzene rings is 2. The third-order valence-electron chi connectivity index (χ3n) is 5.36. The van der Waals surface area contributed by atoms with Crippen LogP contribution in [0.1, 0.15) is 13.8 Å². The van der Waals surface area contributed by atoms with Gasteiger partial charge >= 0.3 is 0 Å². The number of nitrogens with one attached hydrogen (secondary N) is 3. The lowest BCUT2D eigenvalue weighted by molar-refractivity contribution is -0.123. The molecule has 2 aromatic carbocycles. The molecule has 2 aromatic heterocycles. The number of carbonyl (C=O) groups excluding carboxylic acids is 1. The zero-order valence-corrected chi connectivity index (χ0v) is 20.9. The summed E-state index contributed by atoms with van der Waals surface area (Å²) >= 11 is 0. The van der Waals surface area contributed by atoms with E-state index >= 15 is 0 Å². The van der Waals surface area contributed by atoms with Crippen LogP contribution in [0.15, 0.2) is 54.7 Å². The van der Waals surface area contributed by atoms with E-state index < -0.39 is 0 Å². The summed E-state index contributed by atoms with van der Waals surface area (Å²) < 4.78 is 10.9. The molecule has 0 atom stereocenters. The predicted octanol–water partition coefficient (Wildman–Crippen LogP) is 3.75. The number of fused-ring (bicyclic) bond motifs is 1. The lowest BCUT2D eigenvalue weighted by Gasteiger charge is -2.19. The molecular weight excluding hydrogens is 458 g/mol. The summed E-state index contributed by atoms with van der Waals surface area (Å²) in [4.78, 5) is 23.5. The maximum atomic E-state index is 12.0. The van der Waals surface area contributed by atoms with Crippen molar-refractivity contribution in [2.24, 2.45) is 0 Å². The molecule has 0 bridgehead atoms. The summed E-state index contributed by atoms with van der Waals surface area (Å²) in [5.74, 6) is 2.31. The molecule has 0 spiro atoms. The van der Waals surface area contributed by atoms with Gasteiger partial charge < -0.3 is 25.0 Å². The largest absolute Gasteiger partial charge is 0.484 e. The number of rotatable bonds is 11. The average molecular weight is 490 g/mol. The number of H-pyrrole nitrogens is 1. The molecule has 0 aliphatic carbocycles. The van der Waals surface area contributed by atoms with Gasteiger partial charge in [-0.2, -0.15) is 5.10 Å². The Hall–Kier alpha value is -4.18. The van der Waals surface area contributed by atoms with Crippen LogP contribution >= 0.6 is 0 Å². The van der Waals surface area contributed by atoms with Crippen LogP contribution in [0.4, 0.5) is 17.3 Å². The fourth-order valence-electron chi connectivity index (χ4n) is 3.57. The highest BCUT2D eigenvalue weighted by Gasteiger charge is 2.13. The Kier molecular flexibility index (Phi) is 7.96. The Bertz CT molecular complexity index is 1320. The molecule has 0 saturated carbocycles. The van der Waals surface area contributed by atoms with Crippen molar-refractivity contribution in [1.29, 1.82) is 0 Å². The number of likely N-dealkylation sites (N-methyl/N-ethyl adjacent to an activating group) is 1. The van der Waals surface area contributed by atoms with E-state index in [1.807, 2.05) is 68.3 Å². The van der Waals surface area contributed by atoms with E-state index in [-0.39, 0.29) is 18.6 Å². The molecule has 0 unspecified atom stereocenters. The predicted molar refractivity (Wildman–Crippen MR) is 141 cm³/mol. The number of hydrogen-bond donors (Lipinski definition) is 3. The molecule has 0 aliphatic rings. The summed E-state index contributed by atoms with van der Waals surface area (Å²) in [7, 11) is 3.63. The van der Waals surface area contributed by atoms with Crippen LogP contribution in [0.5, 0.6) is 5.75 Å². The van der Waals surface area contributed by atoms with Crippen LogP contribution in [0.3, 0.4) is 0 Å². The van der Waals surface area contributed by atoms with Crippen molar-refractivity contribution in [3.63, 3.8) is 0 Å². The molecule has 3 N–H and O–H groups in total. The van der Waals surface area contributed by atoms with E-state index in [1.54, 1.807) is 19.4 Å². The Balaban J connectivity index is 1.62. The summed E-state index contributed by atoms with van der Waals surface area (Å²) in [6.45, 7) is 4.99. The van der Waals surface area contributed by atoms with Crippen LogP contribution in [-0.4, -0.2) is 66.0 Å². The zero-order chi connectivity index (χ0) is 25.5. The van der Waals surface area contributed by atoms with E-state index in [0.29, 0.717) is 30.5 Å². The Morgan fingerprint density at radius 1 is 1.14 bits per heavy atom. The molecule has 0 aliphatic heterocycles. The second kappa shape index (κ2) is 11.5. The van der Waals surface area contributed by atoms with Gasteiger partial charge in [0.1, 0.15) is 17.4 Å². The quantitative estimate of drug-likeness (QED) is 0.292. The van der Waals surface area contributed by atoms with Gasteiger partial charge in [0.2, 0.25) is 0 Å². The third kappa shape index (κ3) is 6.48. The van der Waals surface area contributed by atoms with Gasteiger partial charge in [-0.05, 0) is 44.2 Å². The molecule has 0 radical (unpaired) electrons. The van der Waals surface area contributed by atoms with Crippen LogP contribution in [0.25, 0.3) is 22.3 Å². The topological polar surface area (TPSA) is 117 Å². The average Bonchev–Trinajstić information content (AvgIpc) is 3.33. The number of hydrogen-bond acceptors (Lipinski definition) is 8. The highest BCUT2D eigenvalue weighted by molar-refractivity contribution is 5.83. The first-order valence-corrected chi connectivity index (χ1v) is 11.7. The second-order valence-corrected chi connectivity index (χ2v) is 8.69. The van der Waals surface area contributed by atoms with E-state index in [4.69, 9.17) is 19.4 Å². The van der Waals surface area contributed by atoms with Crippen LogP contribution in [-0.2, 0) is 9.53 Å². The fraction of sp³-hybridized carbons (Fsp3) is 0.308. The summed E-state index contributed by atoms with van der Waals surface area (Å²) in [5, 5.41) is 14.2. The smallest absolute Gasteiger partial charge is 0.258 e. The minimum Gasteiger partial charge on any atom is -0.484 e. The second-order valence-electron chi connectivity index (χ2n) is 8.69. The van der Waals surface area contributed by atoms with Gasteiger partial charge in [-0.25, -0.2) is 9.97 Å². The van der Waals surface area contributed by atoms with E-state index in [9.17, 15) is 4.79 Å². The van der Waals surface area contributed by atoms with Crippen molar-refractivity contribution in [2.45, 2.75) is 19.9 Å². The van der Waals surface area contributed by atoms with Crippen molar-refractivity contribution < 1.29 is 14.3 Å². The number of anilines is 3. The Labute approximate surface area is 210 Å². The minimum atomic E-state index is -0.172. The van der Waals surface area contributed by atoms with Crippen molar-refractivity contribution in [2.75, 3.05) is 44.1 Å². The molecule has 10 nitrogen and oxygen atoms in total. The molecule has 4 rings (SSSR count). The molecule has 10 heteroatoms. The summed E-state index contributed by atoms with van der Waals surface area (Å²) in [5.41, 5.74) is 2.61. The molecule has 36 heavy (non-hydrogen) atoms. The van der Waals surface area contributed by atoms with E-state index in [1.165, 1.54) is 0 Å². The third-order valence-corrected chi connectivity index (χ3v) is 5.36. The molecule has 2 heterocycles. The minimum absolute atomic E-state index is 0.0545. The van der Waals surface area contributed by atoms with Gasteiger partial charge in [-0.1, -0.05) is 12.1 Å². The highest BCUT2D eigenvalue weighted by Crippen LogP contribution is 2.27. The SMILES string of the molecule is COCCN(C)c1cc(Nc2ccc3[nH]ncc3c2)nc(-c2cccc(OCC(=O)NC(C)C)c2)n1. The first-order valence-electron chi connectivity index (χ1n) is 11.7. The molecule has 188 valence electrons. The van der Waals surface area contributed by atoms with Crippen molar-refractivity contribution >= 4 is 34.1 Å². The summed E-state index contributed by atoms with van der Waals surface area (Å²) in [6.07, 6.45) is 1.78. The first kappa shape index (κ1) is 24.9. The number of methoxy groups -OCH3 is 1. The Morgan fingerprint density at radius 3 is 2.81 bits per heavy atom. The number of aromatic amines is 1. The molecule has 0 saturated heterocycles. The van der Waals surface area contributed by atoms with Gasteiger partial charge in [0.25, 0.3) is 5.91 Å². The molecular formula is C26H31N7O3. The number of ether oxygens (including phenoxy) is 2. The first-order chi connectivity index (χ1) is 17.4. The number of aromatic nitrogens is 4. The van der Waals surface area contributed by atoms with E-state index in [0.717, 1.165) is 28.0 Å². The van der Waals surface area contributed by atoms with Crippen molar-refractivity contribution in [3.8, 4) is 17.1 Å².